The quantitative estimate of drug-likeness (QED) is 0.185. The summed E-state index contributed by atoms with van der Waals surface area (Å²) in [6.45, 7) is 8.81. The zero-order chi connectivity index (χ0) is 28.5. The molecule has 0 spiro atoms. The largest absolute Gasteiger partial charge is 0.497 e. The van der Waals surface area contributed by atoms with Crippen molar-refractivity contribution < 1.29 is 19.1 Å². The predicted molar refractivity (Wildman–Crippen MR) is 158 cm³/mol. The van der Waals surface area contributed by atoms with Gasteiger partial charge in [0.05, 0.1) is 20.2 Å². The Bertz CT molecular complexity index is 974. The number of amides is 2. The topological polar surface area (TPSA) is 64.0 Å². The summed E-state index contributed by atoms with van der Waals surface area (Å²) in [6.07, 6.45) is 10.9. The highest BCUT2D eigenvalue weighted by Crippen LogP contribution is 2.18. The Morgan fingerprint density at radius 1 is 0.949 bits per heavy atom. The summed E-state index contributed by atoms with van der Waals surface area (Å²) < 4.78 is 12.8. The Morgan fingerprint density at radius 3 is 2.44 bits per heavy atom. The number of hydrogen-bond acceptors (Lipinski definition) is 4. The fraction of sp³-hybridized carbons (Fsp3) is 0.625. The third-order valence-electron chi connectivity index (χ3n) is 7.39. The summed E-state index contributed by atoms with van der Waals surface area (Å²) in [4.78, 5) is 30.5. The highest BCUT2D eigenvalue weighted by atomic mass is 16.5. The van der Waals surface area contributed by atoms with E-state index in [0.717, 1.165) is 42.7 Å². The number of ether oxygens (including phenoxy) is 2. The van der Waals surface area contributed by atoms with Crippen LogP contribution < -0.4 is 4.74 Å². The van der Waals surface area contributed by atoms with Crippen LogP contribution in [-0.4, -0.2) is 66.1 Å². The zero-order valence-corrected chi connectivity index (χ0v) is 25.0. The lowest BCUT2D eigenvalue weighted by atomic mass is 10.1. The number of hydrogen-bond donors (Lipinski definition) is 0. The van der Waals surface area contributed by atoms with Gasteiger partial charge in [0.2, 0.25) is 11.8 Å². The van der Waals surface area contributed by atoms with Gasteiger partial charge >= 0.3 is 0 Å². The standard InChI is InChI=1S/C32H51N3O4/c1-6-8-9-10-11-12-19-31(36)34(21-15-22-38-4)26-32(37)35(27(3)7-2)25-29-17-14-20-33(29)24-28-16-13-18-30(23-28)39-5/h13-14,16-18,20,23,27H,6-12,15,19,21-22,24-26H2,1-5H3. The monoisotopic (exact) mass is 541 g/mol. The Kier molecular flexibility index (Phi) is 15.4. The van der Waals surface area contributed by atoms with E-state index in [1.54, 1.807) is 19.1 Å². The molecule has 218 valence electrons. The van der Waals surface area contributed by atoms with Crippen molar-refractivity contribution in [2.24, 2.45) is 0 Å². The number of benzene rings is 1. The first kappa shape index (κ1) is 32.4. The van der Waals surface area contributed by atoms with Crippen LogP contribution in [0.5, 0.6) is 5.75 Å². The molecule has 0 aliphatic carbocycles. The minimum absolute atomic E-state index is 0.00723. The van der Waals surface area contributed by atoms with Gasteiger partial charge in [0.1, 0.15) is 5.75 Å². The van der Waals surface area contributed by atoms with Crippen molar-refractivity contribution in [1.82, 2.24) is 14.4 Å². The molecule has 0 aliphatic heterocycles. The Morgan fingerprint density at radius 2 is 1.72 bits per heavy atom. The number of unbranched alkanes of at least 4 members (excludes halogenated alkanes) is 5. The fourth-order valence-corrected chi connectivity index (χ4v) is 4.76. The van der Waals surface area contributed by atoms with Gasteiger partial charge in [-0.05, 0) is 56.0 Å². The SMILES string of the molecule is CCCCCCCCC(=O)N(CCCOC)CC(=O)N(Cc1cccn1Cc1cccc(OC)c1)C(C)CC. The second kappa shape index (κ2) is 18.5. The van der Waals surface area contributed by atoms with E-state index >= 15 is 0 Å². The van der Waals surface area contributed by atoms with Crippen LogP contribution in [0, 0.1) is 0 Å². The Balaban J connectivity index is 2.09. The molecular formula is C32H51N3O4. The second-order valence-electron chi connectivity index (χ2n) is 10.4. The number of aromatic nitrogens is 1. The summed E-state index contributed by atoms with van der Waals surface area (Å²) in [7, 11) is 3.34. The van der Waals surface area contributed by atoms with Crippen LogP contribution in [0.2, 0.25) is 0 Å². The lowest BCUT2D eigenvalue weighted by Gasteiger charge is -2.32. The van der Waals surface area contributed by atoms with E-state index in [9.17, 15) is 9.59 Å². The van der Waals surface area contributed by atoms with Crippen molar-refractivity contribution in [1.29, 1.82) is 0 Å². The van der Waals surface area contributed by atoms with Gasteiger partial charge in [-0.15, -0.1) is 0 Å². The number of methoxy groups -OCH3 is 2. The molecule has 1 atom stereocenters. The van der Waals surface area contributed by atoms with E-state index in [-0.39, 0.29) is 24.4 Å². The normalized spacial score (nSPS) is 11.8. The first-order chi connectivity index (χ1) is 18.9. The molecule has 2 rings (SSSR count). The van der Waals surface area contributed by atoms with Crippen LogP contribution in [-0.2, 0) is 27.4 Å². The maximum absolute atomic E-state index is 13.7. The summed E-state index contributed by atoms with van der Waals surface area (Å²) in [5, 5.41) is 0. The highest BCUT2D eigenvalue weighted by molar-refractivity contribution is 5.85. The van der Waals surface area contributed by atoms with Crippen molar-refractivity contribution in [2.75, 3.05) is 33.9 Å². The lowest BCUT2D eigenvalue weighted by molar-refractivity contribution is -0.142. The van der Waals surface area contributed by atoms with Crippen LogP contribution >= 0.6 is 0 Å². The molecule has 0 saturated heterocycles. The van der Waals surface area contributed by atoms with Gasteiger partial charge in [-0.3, -0.25) is 9.59 Å². The summed E-state index contributed by atoms with van der Waals surface area (Å²) in [5.74, 6) is 0.893. The average molecular weight is 542 g/mol. The molecule has 0 bridgehead atoms. The minimum Gasteiger partial charge on any atom is -0.497 e. The summed E-state index contributed by atoms with van der Waals surface area (Å²) >= 11 is 0. The molecule has 39 heavy (non-hydrogen) atoms. The van der Waals surface area contributed by atoms with Crippen LogP contribution in [0.3, 0.4) is 0 Å². The second-order valence-corrected chi connectivity index (χ2v) is 10.4. The van der Waals surface area contributed by atoms with Crippen LogP contribution in [0.1, 0.15) is 89.8 Å². The van der Waals surface area contributed by atoms with E-state index in [1.165, 1.54) is 25.7 Å². The van der Waals surface area contributed by atoms with Crippen molar-refractivity contribution in [2.45, 2.75) is 97.7 Å². The zero-order valence-electron chi connectivity index (χ0n) is 25.0. The highest BCUT2D eigenvalue weighted by Gasteiger charge is 2.25. The van der Waals surface area contributed by atoms with Crippen LogP contribution in [0.25, 0.3) is 0 Å². The number of carbonyl (C=O) groups excluding carboxylic acids is 2. The van der Waals surface area contributed by atoms with E-state index in [0.29, 0.717) is 32.7 Å². The van der Waals surface area contributed by atoms with Gasteiger partial charge in [0, 0.05) is 51.2 Å². The van der Waals surface area contributed by atoms with Gasteiger partial charge in [0.15, 0.2) is 0 Å². The first-order valence-electron chi connectivity index (χ1n) is 14.8. The lowest BCUT2D eigenvalue weighted by Crippen LogP contribution is -2.46. The molecule has 1 aromatic carbocycles. The van der Waals surface area contributed by atoms with E-state index in [2.05, 4.69) is 43.7 Å². The van der Waals surface area contributed by atoms with E-state index in [4.69, 9.17) is 9.47 Å². The molecule has 2 aromatic rings. The first-order valence-corrected chi connectivity index (χ1v) is 14.8. The summed E-state index contributed by atoms with van der Waals surface area (Å²) in [5.41, 5.74) is 2.20. The molecule has 0 fully saturated rings. The van der Waals surface area contributed by atoms with E-state index in [1.807, 2.05) is 29.2 Å². The molecule has 7 heteroatoms. The molecule has 0 radical (unpaired) electrons. The van der Waals surface area contributed by atoms with Crippen molar-refractivity contribution in [3.05, 3.63) is 53.9 Å². The molecule has 1 aromatic heterocycles. The number of rotatable bonds is 20. The van der Waals surface area contributed by atoms with Gasteiger partial charge in [-0.25, -0.2) is 0 Å². The molecule has 2 amide bonds. The van der Waals surface area contributed by atoms with Gasteiger partial charge in [-0.2, -0.15) is 0 Å². The van der Waals surface area contributed by atoms with Gasteiger partial charge in [0.25, 0.3) is 0 Å². The maximum Gasteiger partial charge on any atom is 0.242 e. The van der Waals surface area contributed by atoms with Crippen molar-refractivity contribution in [3.8, 4) is 5.75 Å². The molecule has 0 N–H and O–H groups in total. The molecule has 1 heterocycles. The molecule has 0 saturated carbocycles. The number of nitrogens with zero attached hydrogens (tertiary/aromatic N) is 3. The maximum atomic E-state index is 13.7. The fourth-order valence-electron chi connectivity index (χ4n) is 4.76. The van der Waals surface area contributed by atoms with Crippen LogP contribution in [0.4, 0.5) is 0 Å². The molecule has 7 nitrogen and oxygen atoms in total. The van der Waals surface area contributed by atoms with Gasteiger partial charge in [-0.1, -0.05) is 58.1 Å². The Hall–Kier alpha value is -2.80. The minimum atomic E-state index is -0.00723. The third-order valence-corrected chi connectivity index (χ3v) is 7.39. The Labute approximate surface area is 236 Å². The number of carbonyl (C=O) groups is 2. The van der Waals surface area contributed by atoms with Crippen molar-refractivity contribution >= 4 is 11.8 Å². The smallest absolute Gasteiger partial charge is 0.242 e. The molecule has 0 aliphatic rings. The van der Waals surface area contributed by atoms with Gasteiger partial charge < -0.3 is 23.8 Å². The molecule has 1 unspecified atom stereocenters. The van der Waals surface area contributed by atoms with E-state index < -0.39 is 0 Å². The van der Waals surface area contributed by atoms with Crippen LogP contribution in [0.15, 0.2) is 42.6 Å². The summed E-state index contributed by atoms with van der Waals surface area (Å²) in [6, 6.07) is 12.2. The average Bonchev–Trinajstić information content (AvgIpc) is 3.38. The predicted octanol–water partition coefficient (Wildman–Crippen LogP) is 6.29. The third kappa shape index (κ3) is 11.5. The molecular weight excluding hydrogens is 490 g/mol. The van der Waals surface area contributed by atoms with Crippen molar-refractivity contribution in [3.63, 3.8) is 0 Å².